The zero-order valence-electron chi connectivity index (χ0n) is 25.9. The van der Waals surface area contributed by atoms with Gasteiger partial charge in [0, 0.05) is 19.0 Å². The van der Waals surface area contributed by atoms with Crippen LogP contribution in [0.5, 0.6) is 0 Å². The molecule has 2 heterocycles. The Labute approximate surface area is 266 Å². The van der Waals surface area contributed by atoms with Gasteiger partial charge in [0.15, 0.2) is 18.5 Å². The molecule has 15 atom stereocenters. The molecule has 20 nitrogen and oxygen atoms in total. The topological polar surface area (TPSA) is 368 Å². The van der Waals surface area contributed by atoms with Gasteiger partial charge in [0.2, 0.25) is 5.72 Å². The molecular formula is C26H53N9O11. The molecule has 0 aromatic carbocycles. The monoisotopic (exact) mass is 667 g/mol. The molecule has 3 fully saturated rings. The van der Waals surface area contributed by atoms with E-state index in [9.17, 15) is 35.4 Å². The molecular weight excluding hydrogens is 614 g/mol. The van der Waals surface area contributed by atoms with Crippen LogP contribution in [0.1, 0.15) is 32.6 Å². The number of hydrogen-bond acceptors (Lipinski definition) is 17. The van der Waals surface area contributed by atoms with E-state index in [1.165, 1.54) is 6.92 Å². The van der Waals surface area contributed by atoms with Crippen LogP contribution >= 0.6 is 0 Å². The minimum atomic E-state index is -2.38. The highest BCUT2D eigenvalue weighted by Crippen LogP contribution is 2.32. The maximum absolute atomic E-state index is 13.2. The fourth-order valence-electron chi connectivity index (χ4n) is 5.76. The summed E-state index contributed by atoms with van der Waals surface area (Å²) in [4.78, 5) is 16.8. The summed E-state index contributed by atoms with van der Waals surface area (Å²) in [6, 6.07) is -4.24. The smallest absolute Gasteiger partial charge is 0.275 e. The zero-order valence-corrected chi connectivity index (χ0v) is 25.9. The minimum Gasteiger partial charge on any atom is -0.394 e. The Bertz CT molecular complexity index is 999. The Balaban J connectivity index is 1.86. The van der Waals surface area contributed by atoms with Crippen molar-refractivity contribution >= 4 is 11.9 Å². The van der Waals surface area contributed by atoms with E-state index in [0.717, 1.165) is 0 Å². The molecule has 0 radical (unpaired) electrons. The van der Waals surface area contributed by atoms with Gasteiger partial charge < -0.3 is 94.6 Å². The van der Waals surface area contributed by atoms with Crippen LogP contribution in [-0.2, 0) is 23.7 Å². The van der Waals surface area contributed by atoms with Crippen molar-refractivity contribution in [3.05, 3.63) is 0 Å². The SMILES string of the molecule is CCC(O)(N=C(N)N)C(=O)N[C@@H]1C[C@H](N)C(O[C@H]2O[C@H](CNCCCN)[C@@H](O)C[C@H]2N)[C@H](O)[C@H]1O[C@H]1O[C@H](CO)[C@@H](O)[C@H](N)[C@H]1O. The van der Waals surface area contributed by atoms with E-state index in [4.69, 9.17) is 53.3 Å². The zero-order chi connectivity index (χ0) is 34.3. The van der Waals surface area contributed by atoms with Gasteiger partial charge in [0.1, 0.15) is 36.6 Å². The summed E-state index contributed by atoms with van der Waals surface area (Å²) >= 11 is 0. The Hall–Kier alpha value is -1.86. The molecule has 20 heteroatoms. The van der Waals surface area contributed by atoms with Crippen molar-refractivity contribution in [3.8, 4) is 0 Å². The van der Waals surface area contributed by atoms with Crippen molar-refractivity contribution < 1.29 is 54.4 Å². The van der Waals surface area contributed by atoms with Crippen LogP contribution in [0.25, 0.3) is 0 Å². The highest BCUT2D eigenvalue weighted by atomic mass is 16.7. The van der Waals surface area contributed by atoms with Crippen LogP contribution in [0.4, 0.5) is 0 Å². The molecule has 0 spiro atoms. The molecule has 1 saturated carbocycles. The van der Waals surface area contributed by atoms with E-state index in [2.05, 4.69) is 15.6 Å². The third-order valence-electron chi connectivity index (χ3n) is 8.53. The van der Waals surface area contributed by atoms with E-state index in [-0.39, 0.29) is 25.8 Å². The van der Waals surface area contributed by atoms with Crippen molar-refractivity contribution in [3.63, 3.8) is 0 Å². The molecule has 2 aliphatic heterocycles. The molecule has 3 aliphatic rings. The second-order valence-corrected chi connectivity index (χ2v) is 12.0. The number of ether oxygens (including phenoxy) is 4. The van der Waals surface area contributed by atoms with E-state index < -0.39 is 110 Å². The van der Waals surface area contributed by atoms with Crippen molar-refractivity contribution in [1.82, 2.24) is 10.6 Å². The summed E-state index contributed by atoms with van der Waals surface area (Å²) in [6.07, 6.45) is -12.5. The number of aliphatic hydroxyl groups is 6. The first-order valence-electron chi connectivity index (χ1n) is 15.4. The Morgan fingerprint density at radius 1 is 0.957 bits per heavy atom. The lowest BCUT2D eigenvalue weighted by atomic mass is 9.83. The maximum atomic E-state index is 13.2. The van der Waals surface area contributed by atoms with Crippen molar-refractivity contribution in [2.45, 2.75) is 124 Å². The molecule has 268 valence electrons. The van der Waals surface area contributed by atoms with Crippen molar-refractivity contribution in [2.24, 2.45) is 39.4 Å². The normalized spacial score (nSPS) is 41.4. The lowest BCUT2D eigenvalue weighted by Crippen LogP contribution is -2.69. The fourth-order valence-corrected chi connectivity index (χ4v) is 5.76. The summed E-state index contributed by atoms with van der Waals surface area (Å²) in [6.45, 7) is 2.16. The average Bonchev–Trinajstić information content (AvgIpc) is 3.00. The van der Waals surface area contributed by atoms with Gasteiger partial charge in [-0.1, -0.05) is 6.92 Å². The van der Waals surface area contributed by atoms with Gasteiger partial charge >= 0.3 is 0 Å². The van der Waals surface area contributed by atoms with Crippen molar-refractivity contribution in [1.29, 1.82) is 0 Å². The van der Waals surface area contributed by atoms with Crippen LogP contribution in [0.15, 0.2) is 4.99 Å². The lowest BCUT2D eigenvalue weighted by molar-refractivity contribution is -0.316. The molecule has 0 aromatic rings. The molecule has 0 aromatic heterocycles. The summed E-state index contributed by atoms with van der Waals surface area (Å²) in [5.41, 5.74) is 32.6. The number of aliphatic imine (C=N–C) groups is 1. The van der Waals surface area contributed by atoms with Crippen LogP contribution < -0.4 is 45.0 Å². The summed E-state index contributed by atoms with van der Waals surface area (Å²) in [5.74, 6) is -1.59. The molecule has 1 amide bonds. The van der Waals surface area contributed by atoms with Crippen molar-refractivity contribution in [2.75, 3.05) is 26.2 Å². The minimum absolute atomic E-state index is 0.116. The number of aliphatic hydroxyl groups excluding tert-OH is 5. The van der Waals surface area contributed by atoms with Gasteiger partial charge in [-0.05, 0) is 32.4 Å². The number of hydrogen-bond donors (Lipinski definition) is 14. The van der Waals surface area contributed by atoms with Gasteiger partial charge in [-0.2, -0.15) is 0 Å². The van der Waals surface area contributed by atoms with E-state index in [1.807, 2.05) is 0 Å². The van der Waals surface area contributed by atoms with E-state index in [1.54, 1.807) is 0 Å². The number of carbonyl (C=O) groups is 1. The molecule has 0 bridgehead atoms. The predicted octanol–water partition coefficient (Wildman–Crippen LogP) is -7.79. The van der Waals surface area contributed by atoms with Crippen LogP contribution in [0.2, 0.25) is 0 Å². The Morgan fingerprint density at radius 3 is 2.22 bits per heavy atom. The molecule has 2 unspecified atom stereocenters. The second kappa shape index (κ2) is 17.0. The third-order valence-corrected chi connectivity index (χ3v) is 8.53. The van der Waals surface area contributed by atoms with Crippen LogP contribution in [0.3, 0.4) is 0 Å². The van der Waals surface area contributed by atoms with Gasteiger partial charge in [-0.25, -0.2) is 4.99 Å². The van der Waals surface area contributed by atoms with Crippen LogP contribution in [0, 0.1) is 0 Å². The quantitative estimate of drug-likeness (QED) is 0.0464. The van der Waals surface area contributed by atoms with Gasteiger partial charge in [-0.3, -0.25) is 4.79 Å². The lowest BCUT2D eigenvalue weighted by Gasteiger charge is -2.48. The highest BCUT2D eigenvalue weighted by Gasteiger charge is 2.52. The maximum Gasteiger partial charge on any atom is 0.275 e. The first-order valence-corrected chi connectivity index (χ1v) is 15.4. The summed E-state index contributed by atoms with van der Waals surface area (Å²) in [5, 5.41) is 69.4. The molecule has 1 aliphatic carbocycles. The van der Waals surface area contributed by atoms with Crippen LogP contribution in [-0.4, -0.2) is 160 Å². The standard InChI is InChI=1S/C26H53N9O11/c1-2-26(42,35-25(31)32)24(41)34-12-6-10(28)20(45-22-11(29)7-13(37)14(43-22)8-33-5-3-4-27)19(40)21(12)46-23-18(39)16(30)17(38)15(9-36)44-23/h10-23,33,36-40,42H,2-9,27-30H2,1H3,(H,34,41)(H4,31,32,35)/t10-,11+,12+,13-,14+,15+,16-,17+,18+,19-,20?,21-,22+,23+,26?/m0/s1. The number of guanidine groups is 1. The number of nitrogens with two attached hydrogens (primary N) is 6. The highest BCUT2D eigenvalue weighted by molar-refractivity contribution is 5.88. The summed E-state index contributed by atoms with van der Waals surface area (Å²) in [7, 11) is 0. The molecule has 2 saturated heterocycles. The van der Waals surface area contributed by atoms with Gasteiger partial charge in [-0.15, -0.1) is 0 Å². The largest absolute Gasteiger partial charge is 0.394 e. The second-order valence-electron chi connectivity index (χ2n) is 12.0. The van der Waals surface area contributed by atoms with Gasteiger partial charge in [0.05, 0.1) is 36.9 Å². The Morgan fingerprint density at radius 2 is 1.61 bits per heavy atom. The average molecular weight is 668 g/mol. The van der Waals surface area contributed by atoms with E-state index >= 15 is 0 Å². The predicted molar refractivity (Wildman–Crippen MR) is 161 cm³/mol. The number of nitrogens with zero attached hydrogens (tertiary/aromatic N) is 1. The molecule has 46 heavy (non-hydrogen) atoms. The fraction of sp³-hybridized carbons (Fsp3) is 0.923. The van der Waals surface area contributed by atoms with E-state index in [0.29, 0.717) is 19.5 Å². The van der Waals surface area contributed by atoms with Gasteiger partial charge in [0.25, 0.3) is 5.91 Å². The molecule has 20 N–H and O–H groups in total. The Kier molecular flexibility index (Phi) is 14.3. The number of amides is 1. The number of rotatable bonds is 14. The summed E-state index contributed by atoms with van der Waals surface area (Å²) < 4.78 is 23.6. The molecule has 3 rings (SSSR count). The third kappa shape index (κ3) is 9.18. The first-order chi connectivity index (χ1) is 21.7. The number of nitrogens with one attached hydrogen (secondary N) is 2. The number of carbonyl (C=O) groups excluding carboxylic acids is 1. The first kappa shape index (κ1) is 38.6.